The van der Waals surface area contributed by atoms with Crippen molar-refractivity contribution in [3.63, 3.8) is 0 Å². The summed E-state index contributed by atoms with van der Waals surface area (Å²) in [5.74, 6) is -0.696. The smallest absolute Gasteiger partial charge is 0.422 e. The van der Waals surface area contributed by atoms with Crippen LogP contribution in [0.25, 0.3) is 0 Å². The molecular formula is C14H19F3N2O3. The highest BCUT2D eigenvalue weighted by atomic mass is 19.4. The molecule has 8 heteroatoms. The normalized spacial score (nSPS) is 13.0. The molecule has 1 aromatic heterocycles. The Morgan fingerprint density at radius 3 is 2.64 bits per heavy atom. The SMILES string of the molecule is CC(C)C(CCO)NC(=O)c1cccc(OCC(F)(F)F)n1. The number of hydrogen-bond acceptors (Lipinski definition) is 4. The predicted octanol–water partition coefficient (Wildman–Crippen LogP) is 2.16. The van der Waals surface area contributed by atoms with Gasteiger partial charge in [-0.25, -0.2) is 4.98 Å². The van der Waals surface area contributed by atoms with Crippen LogP contribution < -0.4 is 10.1 Å². The maximum atomic E-state index is 12.1. The zero-order valence-corrected chi connectivity index (χ0v) is 12.4. The Morgan fingerprint density at radius 1 is 1.41 bits per heavy atom. The minimum absolute atomic E-state index is 0.0386. The van der Waals surface area contributed by atoms with E-state index in [9.17, 15) is 18.0 Å². The quantitative estimate of drug-likeness (QED) is 0.807. The molecule has 5 nitrogen and oxygen atoms in total. The van der Waals surface area contributed by atoms with E-state index in [0.29, 0.717) is 6.42 Å². The molecule has 0 aliphatic rings. The second-order valence-corrected chi connectivity index (χ2v) is 5.10. The van der Waals surface area contributed by atoms with E-state index in [2.05, 4.69) is 15.0 Å². The van der Waals surface area contributed by atoms with Gasteiger partial charge in [0.25, 0.3) is 5.91 Å². The molecule has 0 spiro atoms. The van der Waals surface area contributed by atoms with E-state index >= 15 is 0 Å². The molecule has 0 aromatic carbocycles. The number of carbonyl (C=O) groups excluding carboxylic acids is 1. The van der Waals surface area contributed by atoms with Gasteiger partial charge in [0.05, 0.1) is 0 Å². The fourth-order valence-electron chi connectivity index (χ4n) is 1.73. The Labute approximate surface area is 126 Å². The molecule has 1 amide bonds. The Kier molecular flexibility index (Phi) is 6.61. The Morgan fingerprint density at radius 2 is 2.09 bits per heavy atom. The summed E-state index contributed by atoms with van der Waals surface area (Å²) in [6.07, 6.45) is -4.09. The predicted molar refractivity (Wildman–Crippen MR) is 73.6 cm³/mol. The molecule has 0 radical (unpaired) electrons. The van der Waals surface area contributed by atoms with Gasteiger partial charge in [0, 0.05) is 18.7 Å². The lowest BCUT2D eigenvalue weighted by molar-refractivity contribution is -0.154. The van der Waals surface area contributed by atoms with E-state index in [1.165, 1.54) is 18.2 Å². The van der Waals surface area contributed by atoms with E-state index < -0.39 is 18.7 Å². The van der Waals surface area contributed by atoms with Crippen molar-refractivity contribution in [1.82, 2.24) is 10.3 Å². The van der Waals surface area contributed by atoms with Crippen molar-refractivity contribution in [2.24, 2.45) is 5.92 Å². The summed E-state index contributed by atoms with van der Waals surface area (Å²) < 4.78 is 40.8. The fraction of sp³-hybridized carbons (Fsp3) is 0.571. The summed E-state index contributed by atoms with van der Waals surface area (Å²) in [6, 6.07) is 3.77. The Hall–Kier alpha value is -1.83. The molecule has 1 rings (SSSR count). The van der Waals surface area contributed by atoms with Crippen LogP contribution in [0.4, 0.5) is 13.2 Å². The maximum Gasteiger partial charge on any atom is 0.422 e. The molecule has 0 saturated heterocycles. The zero-order chi connectivity index (χ0) is 16.8. The number of hydrogen-bond donors (Lipinski definition) is 2. The van der Waals surface area contributed by atoms with E-state index in [1.54, 1.807) is 0 Å². The number of ether oxygens (including phenoxy) is 1. The number of nitrogens with one attached hydrogen (secondary N) is 1. The first-order valence-corrected chi connectivity index (χ1v) is 6.81. The molecule has 0 bridgehead atoms. The van der Waals surface area contributed by atoms with Gasteiger partial charge in [0.15, 0.2) is 6.61 Å². The van der Waals surface area contributed by atoms with E-state index in [0.717, 1.165) is 0 Å². The fourth-order valence-corrected chi connectivity index (χ4v) is 1.73. The van der Waals surface area contributed by atoms with Crippen molar-refractivity contribution in [2.45, 2.75) is 32.5 Å². The van der Waals surface area contributed by atoms with Gasteiger partial charge in [-0.15, -0.1) is 0 Å². The number of aromatic nitrogens is 1. The maximum absolute atomic E-state index is 12.1. The Bertz CT molecular complexity index is 492. The first kappa shape index (κ1) is 18.2. The first-order chi connectivity index (χ1) is 10.2. The number of alkyl halides is 3. The second-order valence-electron chi connectivity index (χ2n) is 5.10. The molecule has 1 aromatic rings. The summed E-state index contributed by atoms with van der Waals surface area (Å²) in [4.78, 5) is 15.8. The minimum Gasteiger partial charge on any atom is -0.468 e. The molecule has 1 atom stereocenters. The highest BCUT2D eigenvalue weighted by Gasteiger charge is 2.28. The van der Waals surface area contributed by atoms with E-state index in [-0.39, 0.29) is 30.1 Å². The third-order valence-corrected chi connectivity index (χ3v) is 2.90. The summed E-state index contributed by atoms with van der Waals surface area (Å²) >= 11 is 0. The molecule has 124 valence electrons. The molecule has 0 aliphatic heterocycles. The van der Waals surface area contributed by atoms with Gasteiger partial charge in [0.1, 0.15) is 5.69 Å². The summed E-state index contributed by atoms with van der Waals surface area (Å²) in [7, 11) is 0. The standard InChI is InChI=1S/C14H19F3N2O3/c1-9(2)10(6-7-20)19-13(21)11-4-3-5-12(18-11)22-8-14(15,16)17/h3-5,9-10,20H,6-8H2,1-2H3,(H,19,21). The number of aliphatic hydroxyl groups is 1. The number of aliphatic hydroxyl groups excluding tert-OH is 1. The third-order valence-electron chi connectivity index (χ3n) is 2.90. The largest absolute Gasteiger partial charge is 0.468 e. The van der Waals surface area contributed by atoms with Crippen LogP contribution in [0.2, 0.25) is 0 Å². The van der Waals surface area contributed by atoms with Crippen molar-refractivity contribution < 1.29 is 27.8 Å². The van der Waals surface area contributed by atoms with Crippen molar-refractivity contribution in [3.8, 4) is 5.88 Å². The number of nitrogens with zero attached hydrogens (tertiary/aromatic N) is 1. The average Bonchev–Trinajstić information content (AvgIpc) is 2.44. The van der Waals surface area contributed by atoms with Crippen molar-refractivity contribution in [2.75, 3.05) is 13.2 Å². The number of carbonyl (C=O) groups is 1. The highest BCUT2D eigenvalue weighted by Crippen LogP contribution is 2.17. The molecule has 0 aliphatic carbocycles. The lowest BCUT2D eigenvalue weighted by Crippen LogP contribution is -2.39. The summed E-state index contributed by atoms with van der Waals surface area (Å²) in [6.45, 7) is 2.23. The molecular weight excluding hydrogens is 301 g/mol. The van der Waals surface area contributed by atoms with E-state index in [4.69, 9.17) is 5.11 Å². The summed E-state index contributed by atoms with van der Waals surface area (Å²) in [5.41, 5.74) is -0.0386. The van der Waals surface area contributed by atoms with Gasteiger partial charge in [-0.1, -0.05) is 19.9 Å². The van der Waals surface area contributed by atoms with Crippen LogP contribution in [-0.4, -0.2) is 41.4 Å². The van der Waals surface area contributed by atoms with Crippen LogP contribution in [0.3, 0.4) is 0 Å². The molecule has 1 unspecified atom stereocenters. The number of pyridine rings is 1. The van der Waals surface area contributed by atoms with Crippen LogP contribution in [0.5, 0.6) is 5.88 Å². The molecule has 1 heterocycles. The van der Waals surface area contributed by atoms with Gasteiger partial charge in [-0.3, -0.25) is 4.79 Å². The number of rotatable bonds is 7. The van der Waals surface area contributed by atoms with Gasteiger partial charge in [-0.05, 0) is 18.4 Å². The topological polar surface area (TPSA) is 71.5 Å². The molecule has 0 saturated carbocycles. The lowest BCUT2D eigenvalue weighted by Gasteiger charge is -2.21. The number of halogens is 3. The lowest BCUT2D eigenvalue weighted by atomic mass is 10.0. The van der Waals surface area contributed by atoms with Gasteiger partial charge >= 0.3 is 6.18 Å². The van der Waals surface area contributed by atoms with Crippen molar-refractivity contribution >= 4 is 5.91 Å². The highest BCUT2D eigenvalue weighted by molar-refractivity contribution is 5.92. The molecule has 0 fully saturated rings. The monoisotopic (exact) mass is 320 g/mol. The van der Waals surface area contributed by atoms with Crippen LogP contribution in [0.1, 0.15) is 30.8 Å². The van der Waals surface area contributed by atoms with Crippen LogP contribution in [0, 0.1) is 5.92 Å². The van der Waals surface area contributed by atoms with Crippen LogP contribution in [0.15, 0.2) is 18.2 Å². The van der Waals surface area contributed by atoms with Gasteiger partial charge < -0.3 is 15.2 Å². The van der Waals surface area contributed by atoms with E-state index in [1.807, 2.05) is 13.8 Å². The number of amides is 1. The summed E-state index contributed by atoms with van der Waals surface area (Å²) in [5, 5.41) is 11.7. The first-order valence-electron chi connectivity index (χ1n) is 6.81. The third kappa shape index (κ3) is 6.30. The molecule has 22 heavy (non-hydrogen) atoms. The molecule has 2 N–H and O–H groups in total. The van der Waals surface area contributed by atoms with Gasteiger partial charge in [0.2, 0.25) is 5.88 Å². The average molecular weight is 320 g/mol. The minimum atomic E-state index is -4.47. The van der Waals surface area contributed by atoms with Crippen molar-refractivity contribution in [1.29, 1.82) is 0 Å². The van der Waals surface area contributed by atoms with Crippen LogP contribution in [-0.2, 0) is 0 Å². The van der Waals surface area contributed by atoms with Crippen LogP contribution >= 0.6 is 0 Å². The zero-order valence-electron chi connectivity index (χ0n) is 12.4. The Balaban J connectivity index is 2.73. The van der Waals surface area contributed by atoms with Crippen molar-refractivity contribution in [3.05, 3.63) is 23.9 Å². The second kappa shape index (κ2) is 7.98. The van der Waals surface area contributed by atoms with Gasteiger partial charge in [-0.2, -0.15) is 13.2 Å².